The highest BCUT2D eigenvalue weighted by Gasteiger charge is 2.28. The number of ether oxygens (including phenoxy) is 1. The quantitative estimate of drug-likeness (QED) is 0.638. The lowest BCUT2D eigenvalue weighted by Gasteiger charge is -2.03. The molecule has 70 valence electrons. The predicted octanol–water partition coefficient (Wildman–Crippen LogP) is 1.06. The number of fused-ring (bicyclic) bond motifs is 1. The summed E-state index contributed by atoms with van der Waals surface area (Å²) in [5, 5.41) is 8.96. The lowest BCUT2D eigenvalue weighted by molar-refractivity contribution is 0.311. The third-order valence-corrected chi connectivity index (χ3v) is 1.98. The van der Waals surface area contributed by atoms with Crippen LogP contribution in [0.15, 0.2) is 6.07 Å². The van der Waals surface area contributed by atoms with Crippen molar-refractivity contribution in [1.29, 1.82) is 0 Å². The maximum atomic E-state index is 13.0. The monoisotopic (exact) mass is 187 g/mol. The summed E-state index contributed by atoms with van der Waals surface area (Å²) >= 11 is 0. The van der Waals surface area contributed by atoms with Crippen molar-refractivity contribution in [2.24, 2.45) is 5.73 Å². The van der Waals surface area contributed by atoms with Gasteiger partial charge in [-0.25, -0.2) is 0 Å². The van der Waals surface area contributed by atoms with Crippen LogP contribution >= 0.6 is 0 Å². The van der Waals surface area contributed by atoms with Crippen molar-refractivity contribution in [3.05, 3.63) is 23.3 Å². The van der Waals surface area contributed by atoms with Gasteiger partial charge in [0.05, 0.1) is 6.04 Å². The highest BCUT2D eigenvalue weighted by atomic mass is 19.2. The highest BCUT2D eigenvalue weighted by Crippen LogP contribution is 2.38. The Hall–Kier alpha value is -1.36. The number of hydrogen-bond donors (Lipinski definition) is 2. The molecule has 1 aromatic rings. The van der Waals surface area contributed by atoms with Crippen molar-refractivity contribution in [1.82, 2.24) is 0 Å². The molecule has 1 aliphatic rings. The van der Waals surface area contributed by atoms with E-state index in [1.807, 2.05) is 0 Å². The Kier molecular flexibility index (Phi) is 1.63. The van der Waals surface area contributed by atoms with E-state index in [1.165, 1.54) is 0 Å². The molecule has 1 aliphatic heterocycles. The normalized spacial score (nSPS) is 19.8. The van der Waals surface area contributed by atoms with Crippen LogP contribution in [-0.2, 0) is 0 Å². The largest absolute Gasteiger partial charge is 0.505 e. The first kappa shape index (κ1) is 8.25. The van der Waals surface area contributed by atoms with Gasteiger partial charge in [0.15, 0.2) is 11.5 Å². The molecule has 0 saturated heterocycles. The van der Waals surface area contributed by atoms with Gasteiger partial charge in [0.1, 0.15) is 6.61 Å². The minimum absolute atomic E-state index is 0.106. The van der Waals surface area contributed by atoms with Crippen LogP contribution in [0.5, 0.6) is 11.5 Å². The van der Waals surface area contributed by atoms with E-state index in [2.05, 4.69) is 0 Å². The summed E-state index contributed by atoms with van der Waals surface area (Å²) in [5.41, 5.74) is 5.81. The van der Waals surface area contributed by atoms with Gasteiger partial charge in [-0.15, -0.1) is 0 Å². The minimum atomic E-state index is -1.30. The average Bonchev–Trinajstić information content (AvgIpc) is 2.45. The number of halogens is 2. The maximum absolute atomic E-state index is 13.0. The maximum Gasteiger partial charge on any atom is 0.204 e. The Morgan fingerprint density at radius 1 is 1.46 bits per heavy atom. The SMILES string of the molecule is N[C@H]1COc2c1cc(O)c(F)c2F. The summed E-state index contributed by atoms with van der Waals surface area (Å²) in [4.78, 5) is 0. The van der Waals surface area contributed by atoms with Gasteiger partial charge < -0.3 is 15.6 Å². The van der Waals surface area contributed by atoms with E-state index in [0.717, 1.165) is 6.07 Å². The molecule has 0 aromatic heterocycles. The summed E-state index contributed by atoms with van der Waals surface area (Å²) in [5.74, 6) is -3.41. The zero-order chi connectivity index (χ0) is 9.59. The summed E-state index contributed by atoms with van der Waals surface area (Å²) in [6, 6.07) is 0.585. The first-order valence-corrected chi connectivity index (χ1v) is 3.70. The van der Waals surface area contributed by atoms with Crippen LogP contribution in [0.4, 0.5) is 8.78 Å². The summed E-state index contributed by atoms with van der Waals surface area (Å²) in [6.07, 6.45) is 0. The lowest BCUT2D eigenvalue weighted by Crippen LogP contribution is -2.10. The van der Waals surface area contributed by atoms with Crippen molar-refractivity contribution in [3.8, 4) is 11.5 Å². The molecule has 5 heteroatoms. The molecule has 0 spiro atoms. The number of rotatable bonds is 0. The molecule has 0 amide bonds. The highest BCUT2D eigenvalue weighted by molar-refractivity contribution is 5.46. The zero-order valence-electron chi connectivity index (χ0n) is 6.55. The van der Waals surface area contributed by atoms with Gasteiger partial charge >= 0.3 is 0 Å². The molecule has 0 unspecified atom stereocenters. The zero-order valence-corrected chi connectivity index (χ0v) is 6.55. The van der Waals surface area contributed by atoms with E-state index in [0.29, 0.717) is 5.56 Å². The van der Waals surface area contributed by atoms with Crippen LogP contribution in [0, 0.1) is 11.6 Å². The van der Waals surface area contributed by atoms with E-state index in [-0.39, 0.29) is 12.4 Å². The van der Waals surface area contributed by atoms with Crippen molar-refractivity contribution in [3.63, 3.8) is 0 Å². The van der Waals surface area contributed by atoms with Crippen LogP contribution in [0.3, 0.4) is 0 Å². The van der Waals surface area contributed by atoms with Crippen molar-refractivity contribution in [2.75, 3.05) is 6.61 Å². The van der Waals surface area contributed by atoms with Gasteiger partial charge in [-0.3, -0.25) is 0 Å². The van der Waals surface area contributed by atoms with Crippen LogP contribution < -0.4 is 10.5 Å². The van der Waals surface area contributed by atoms with E-state index in [1.54, 1.807) is 0 Å². The van der Waals surface area contributed by atoms with Gasteiger partial charge in [-0.1, -0.05) is 0 Å². The van der Waals surface area contributed by atoms with Crippen LogP contribution in [0.1, 0.15) is 11.6 Å². The first-order valence-electron chi connectivity index (χ1n) is 3.70. The molecule has 1 heterocycles. The van der Waals surface area contributed by atoms with Crippen LogP contribution in [0.2, 0.25) is 0 Å². The number of hydrogen-bond acceptors (Lipinski definition) is 3. The molecule has 3 N–H and O–H groups in total. The Labute approximate surface area is 72.7 Å². The van der Waals surface area contributed by atoms with Crippen LogP contribution in [-0.4, -0.2) is 11.7 Å². The third-order valence-electron chi connectivity index (χ3n) is 1.98. The number of aromatic hydroxyl groups is 1. The van der Waals surface area contributed by atoms with Gasteiger partial charge in [0.25, 0.3) is 0 Å². The topological polar surface area (TPSA) is 55.5 Å². The Morgan fingerprint density at radius 2 is 2.15 bits per heavy atom. The second-order valence-electron chi connectivity index (χ2n) is 2.86. The second kappa shape index (κ2) is 2.56. The van der Waals surface area contributed by atoms with Gasteiger partial charge in [-0.05, 0) is 6.07 Å². The molecule has 2 rings (SSSR count). The second-order valence-corrected chi connectivity index (χ2v) is 2.86. The fourth-order valence-electron chi connectivity index (χ4n) is 1.30. The number of nitrogens with two attached hydrogens (primary N) is 1. The van der Waals surface area contributed by atoms with E-state index < -0.39 is 23.4 Å². The molecule has 0 saturated carbocycles. The molecule has 3 nitrogen and oxygen atoms in total. The molecular weight excluding hydrogens is 180 g/mol. The van der Waals surface area contributed by atoms with Gasteiger partial charge in [-0.2, -0.15) is 8.78 Å². The number of phenolic OH excluding ortho intramolecular Hbond substituents is 1. The molecule has 0 radical (unpaired) electrons. The van der Waals surface area contributed by atoms with E-state index >= 15 is 0 Å². The minimum Gasteiger partial charge on any atom is -0.505 e. The molecule has 0 aliphatic carbocycles. The van der Waals surface area contributed by atoms with E-state index in [4.69, 9.17) is 15.6 Å². The Morgan fingerprint density at radius 3 is 2.85 bits per heavy atom. The molecule has 0 fully saturated rings. The van der Waals surface area contributed by atoms with Crippen molar-refractivity contribution in [2.45, 2.75) is 6.04 Å². The predicted molar refractivity (Wildman–Crippen MR) is 40.4 cm³/mol. The third kappa shape index (κ3) is 1.04. The van der Waals surface area contributed by atoms with Crippen molar-refractivity contribution >= 4 is 0 Å². The van der Waals surface area contributed by atoms with Gasteiger partial charge in [0, 0.05) is 5.56 Å². The molecule has 1 aromatic carbocycles. The van der Waals surface area contributed by atoms with Gasteiger partial charge in [0.2, 0.25) is 11.6 Å². The molecule has 1 atom stereocenters. The number of benzene rings is 1. The summed E-state index contributed by atoms with van der Waals surface area (Å²) < 4.78 is 30.6. The first-order chi connectivity index (χ1) is 6.11. The molecule has 0 bridgehead atoms. The summed E-state index contributed by atoms with van der Waals surface area (Å²) in [7, 11) is 0. The standard InChI is InChI=1S/C8H7F2NO2/c9-6-5(12)1-3-4(11)2-13-8(3)7(6)10/h1,4,12H,2,11H2/t4-/m0/s1. The van der Waals surface area contributed by atoms with Crippen molar-refractivity contribution < 1.29 is 18.6 Å². The number of phenols is 1. The Balaban J connectivity index is 2.67. The van der Waals surface area contributed by atoms with Crippen LogP contribution in [0.25, 0.3) is 0 Å². The fourth-order valence-corrected chi connectivity index (χ4v) is 1.30. The lowest BCUT2D eigenvalue weighted by atomic mass is 10.1. The summed E-state index contributed by atoms with van der Waals surface area (Å²) in [6.45, 7) is 0.106. The smallest absolute Gasteiger partial charge is 0.204 e. The molecule has 13 heavy (non-hydrogen) atoms. The fraction of sp³-hybridized carbons (Fsp3) is 0.250. The molecular formula is C8H7F2NO2. The average molecular weight is 187 g/mol. The Bertz CT molecular complexity index is 368. The van der Waals surface area contributed by atoms with E-state index in [9.17, 15) is 8.78 Å².